The van der Waals surface area contributed by atoms with Crippen molar-refractivity contribution in [3.05, 3.63) is 0 Å². The third-order valence-electron chi connectivity index (χ3n) is 5.33. The maximum absolute atomic E-state index is 12.9. The van der Waals surface area contributed by atoms with Crippen molar-refractivity contribution in [3.8, 4) is 0 Å². The van der Waals surface area contributed by atoms with Crippen LogP contribution in [-0.2, 0) is 9.59 Å². The van der Waals surface area contributed by atoms with Crippen molar-refractivity contribution >= 4 is 11.8 Å². The number of hydrogen-bond acceptors (Lipinski definition) is 3. The largest absolute Gasteiger partial charge is 0.344 e. The van der Waals surface area contributed by atoms with Gasteiger partial charge in [-0.3, -0.25) is 9.59 Å². The molecule has 3 unspecified atom stereocenters. The van der Waals surface area contributed by atoms with E-state index < -0.39 is 0 Å². The highest BCUT2D eigenvalue weighted by atomic mass is 16.2. The van der Waals surface area contributed by atoms with Crippen molar-refractivity contribution in [2.24, 2.45) is 5.92 Å². The van der Waals surface area contributed by atoms with E-state index in [0.29, 0.717) is 18.0 Å². The normalized spacial score (nSPS) is 31.0. The molecule has 0 aromatic heterocycles. The van der Waals surface area contributed by atoms with Crippen molar-refractivity contribution < 1.29 is 9.59 Å². The highest BCUT2D eigenvalue weighted by molar-refractivity contribution is 5.87. The van der Waals surface area contributed by atoms with Crippen molar-refractivity contribution in [1.82, 2.24) is 15.5 Å². The predicted octanol–water partition coefficient (Wildman–Crippen LogP) is 1.03. The van der Waals surface area contributed by atoms with E-state index in [1.165, 1.54) is 32.6 Å². The maximum atomic E-state index is 12.9. The van der Waals surface area contributed by atoms with Gasteiger partial charge in [-0.1, -0.05) is 12.8 Å². The van der Waals surface area contributed by atoms with Gasteiger partial charge >= 0.3 is 0 Å². The second kappa shape index (κ2) is 6.34. The number of carbonyl (C=O) groups is 2. The summed E-state index contributed by atoms with van der Waals surface area (Å²) >= 11 is 0. The second-order valence-electron chi connectivity index (χ2n) is 6.93. The molecule has 3 atom stereocenters. The number of nitrogens with zero attached hydrogens (tertiary/aromatic N) is 1. The van der Waals surface area contributed by atoms with Gasteiger partial charge in [-0.25, -0.2) is 0 Å². The molecule has 5 nitrogen and oxygen atoms in total. The molecule has 1 aliphatic carbocycles. The summed E-state index contributed by atoms with van der Waals surface area (Å²) in [6.45, 7) is 3.15. The molecule has 3 aliphatic rings. The van der Waals surface area contributed by atoms with Crippen LogP contribution in [0.5, 0.6) is 0 Å². The van der Waals surface area contributed by atoms with E-state index >= 15 is 0 Å². The smallest absolute Gasteiger partial charge is 0.245 e. The Morgan fingerprint density at radius 1 is 1.10 bits per heavy atom. The Hall–Kier alpha value is -1.10. The van der Waals surface area contributed by atoms with Gasteiger partial charge in [0, 0.05) is 32.1 Å². The summed E-state index contributed by atoms with van der Waals surface area (Å²) in [5, 5.41) is 6.54. The molecule has 2 bridgehead atoms. The zero-order valence-electron chi connectivity index (χ0n) is 12.9. The molecule has 2 heterocycles. The van der Waals surface area contributed by atoms with Crippen LogP contribution in [0.1, 0.15) is 51.9 Å². The number of hydrogen-bond donors (Lipinski definition) is 2. The lowest BCUT2D eigenvalue weighted by atomic mass is 9.96. The third kappa shape index (κ3) is 3.39. The van der Waals surface area contributed by atoms with E-state index in [-0.39, 0.29) is 17.9 Å². The first-order valence-corrected chi connectivity index (χ1v) is 8.45. The molecule has 2 aliphatic heterocycles. The summed E-state index contributed by atoms with van der Waals surface area (Å²) in [5.74, 6) is 0.385. The third-order valence-corrected chi connectivity index (χ3v) is 5.33. The molecule has 5 heteroatoms. The quantitative estimate of drug-likeness (QED) is 0.817. The summed E-state index contributed by atoms with van der Waals surface area (Å²) in [4.78, 5) is 26.4. The van der Waals surface area contributed by atoms with E-state index in [2.05, 4.69) is 10.6 Å². The van der Waals surface area contributed by atoms with Crippen LogP contribution >= 0.6 is 0 Å². The van der Waals surface area contributed by atoms with Crippen molar-refractivity contribution in [1.29, 1.82) is 0 Å². The standard InChI is InChI=1S/C16H27N3O2/c1-11(20)17-15(12-4-2-3-5-12)16(21)19-9-8-13-6-7-14(10-19)18-13/h12-15,18H,2-10H2,1H3,(H,17,20). The predicted molar refractivity (Wildman–Crippen MR) is 80.7 cm³/mol. The first kappa shape index (κ1) is 14.8. The minimum atomic E-state index is -0.304. The monoisotopic (exact) mass is 293 g/mol. The van der Waals surface area contributed by atoms with Crippen LogP contribution in [0.3, 0.4) is 0 Å². The van der Waals surface area contributed by atoms with Crippen LogP contribution in [0.15, 0.2) is 0 Å². The van der Waals surface area contributed by atoms with Gasteiger partial charge in [-0.2, -0.15) is 0 Å². The highest BCUT2D eigenvalue weighted by Crippen LogP contribution is 2.29. The molecule has 3 rings (SSSR count). The second-order valence-corrected chi connectivity index (χ2v) is 6.93. The number of carbonyl (C=O) groups excluding carboxylic acids is 2. The first-order valence-electron chi connectivity index (χ1n) is 8.45. The SMILES string of the molecule is CC(=O)NC(C(=O)N1CCC2CCC(C1)N2)C1CCCC1. The molecule has 1 saturated carbocycles. The van der Waals surface area contributed by atoms with Gasteiger partial charge in [0.25, 0.3) is 0 Å². The number of rotatable bonds is 3. The Balaban J connectivity index is 1.68. The van der Waals surface area contributed by atoms with Crippen LogP contribution in [0, 0.1) is 5.92 Å². The van der Waals surface area contributed by atoms with Gasteiger partial charge in [0.05, 0.1) is 0 Å². The number of fused-ring (bicyclic) bond motifs is 2. The molecule has 0 radical (unpaired) electrons. The topological polar surface area (TPSA) is 61.4 Å². The van der Waals surface area contributed by atoms with E-state index in [4.69, 9.17) is 0 Å². The van der Waals surface area contributed by atoms with E-state index in [1.54, 1.807) is 0 Å². The zero-order chi connectivity index (χ0) is 14.8. The average molecular weight is 293 g/mol. The Bertz CT molecular complexity index is 406. The summed E-state index contributed by atoms with van der Waals surface area (Å²) in [5.41, 5.74) is 0. The van der Waals surface area contributed by atoms with Gasteiger partial charge in [-0.05, 0) is 38.0 Å². The molecule has 21 heavy (non-hydrogen) atoms. The molecule has 0 aromatic carbocycles. The van der Waals surface area contributed by atoms with Crippen molar-refractivity contribution in [2.75, 3.05) is 13.1 Å². The van der Waals surface area contributed by atoms with Crippen molar-refractivity contribution in [2.45, 2.75) is 70.0 Å². The van der Waals surface area contributed by atoms with Gasteiger partial charge < -0.3 is 15.5 Å². The maximum Gasteiger partial charge on any atom is 0.245 e. The van der Waals surface area contributed by atoms with E-state index in [9.17, 15) is 9.59 Å². The lowest BCUT2D eigenvalue weighted by Crippen LogP contribution is -2.53. The fraction of sp³-hybridized carbons (Fsp3) is 0.875. The molecular weight excluding hydrogens is 266 g/mol. The van der Waals surface area contributed by atoms with Gasteiger partial charge in [-0.15, -0.1) is 0 Å². The fourth-order valence-corrected chi connectivity index (χ4v) is 4.23. The van der Waals surface area contributed by atoms with Crippen LogP contribution < -0.4 is 10.6 Å². The number of likely N-dealkylation sites (tertiary alicyclic amines) is 1. The van der Waals surface area contributed by atoms with Crippen LogP contribution in [-0.4, -0.2) is 47.9 Å². The lowest BCUT2D eigenvalue weighted by Gasteiger charge is -2.31. The van der Waals surface area contributed by atoms with Gasteiger partial charge in [0.2, 0.25) is 11.8 Å². The average Bonchev–Trinajstić information content (AvgIpc) is 3.05. The minimum absolute atomic E-state index is 0.0882. The summed E-state index contributed by atoms with van der Waals surface area (Å²) < 4.78 is 0. The molecule has 2 N–H and O–H groups in total. The first-order chi connectivity index (χ1) is 10.1. The van der Waals surface area contributed by atoms with E-state index in [1.807, 2.05) is 4.90 Å². The summed E-state index contributed by atoms with van der Waals surface area (Å²) in [6, 6.07) is 0.725. The van der Waals surface area contributed by atoms with E-state index in [0.717, 1.165) is 32.4 Å². The zero-order valence-corrected chi connectivity index (χ0v) is 12.9. The van der Waals surface area contributed by atoms with Crippen LogP contribution in [0.2, 0.25) is 0 Å². The Labute approximate surface area is 126 Å². The molecule has 0 spiro atoms. The Morgan fingerprint density at radius 3 is 2.52 bits per heavy atom. The molecule has 2 saturated heterocycles. The van der Waals surface area contributed by atoms with Crippen molar-refractivity contribution in [3.63, 3.8) is 0 Å². The van der Waals surface area contributed by atoms with Crippen LogP contribution in [0.4, 0.5) is 0 Å². The minimum Gasteiger partial charge on any atom is -0.344 e. The Kier molecular flexibility index (Phi) is 4.48. The summed E-state index contributed by atoms with van der Waals surface area (Å²) in [6.07, 6.45) is 7.94. The Morgan fingerprint density at radius 2 is 1.81 bits per heavy atom. The summed E-state index contributed by atoms with van der Waals surface area (Å²) in [7, 11) is 0. The lowest BCUT2D eigenvalue weighted by molar-refractivity contribution is -0.137. The fourth-order valence-electron chi connectivity index (χ4n) is 4.23. The van der Waals surface area contributed by atoms with Crippen LogP contribution in [0.25, 0.3) is 0 Å². The molecule has 2 amide bonds. The molecule has 3 fully saturated rings. The molecular formula is C16H27N3O2. The molecule has 118 valence electrons. The van der Waals surface area contributed by atoms with Gasteiger partial charge in [0.15, 0.2) is 0 Å². The van der Waals surface area contributed by atoms with Gasteiger partial charge in [0.1, 0.15) is 6.04 Å². The highest BCUT2D eigenvalue weighted by Gasteiger charge is 2.37. The number of nitrogens with one attached hydrogen (secondary N) is 2. The number of amides is 2. The molecule has 0 aromatic rings.